The van der Waals surface area contributed by atoms with Gasteiger partial charge in [0.2, 0.25) is 0 Å². The first kappa shape index (κ1) is 15.2. The molecule has 20 heavy (non-hydrogen) atoms. The normalized spacial score (nSPS) is 11.6. The molecular weight excluding hydrogens is 292 g/mol. The molecule has 0 spiro atoms. The quantitative estimate of drug-likeness (QED) is 0.861. The van der Waals surface area contributed by atoms with Crippen LogP contribution in [0.2, 0.25) is 0 Å². The molecule has 1 amide bonds. The summed E-state index contributed by atoms with van der Waals surface area (Å²) in [6.45, 7) is 4.07. The second-order valence-electron chi connectivity index (χ2n) is 4.63. The van der Waals surface area contributed by atoms with Crippen LogP contribution in [0, 0.1) is 0 Å². The molecule has 0 saturated heterocycles. The summed E-state index contributed by atoms with van der Waals surface area (Å²) in [6, 6.07) is 3.95. The molecule has 0 aliphatic heterocycles. The van der Waals surface area contributed by atoms with Crippen LogP contribution < -0.4 is 5.32 Å². The number of carbonyl (C=O) groups is 1. The van der Waals surface area contributed by atoms with Crippen LogP contribution in [0.5, 0.6) is 0 Å². The van der Waals surface area contributed by atoms with Crippen molar-refractivity contribution in [3.8, 4) is 9.88 Å². The topological polar surface area (TPSA) is 62.2 Å². The lowest BCUT2D eigenvalue weighted by Crippen LogP contribution is -2.42. The molecule has 2 N–H and O–H groups in total. The van der Waals surface area contributed by atoms with Gasteiger partial charge in [0, 0.05) is 11.9 Å². The van der Waals surface area contributed by atoms with Crippen molar-refractivity contribution in [1.29, 1.82) is 0 Å². The number of carbonyl (C=O) groups excluding carboxylic acids is 1. The predicted molar refractivity (Wildman–Crippen MR) is 83.3 cm³/mol. The third-order valence-electron chi connectivity index (χ3n) is 3.36. The molecule has 4 nitrogen and oxygen atoms in total. The van der Waals surface area contributed by atoms with Gasteiger partial charge in [-0.05, 0) is 24.3 Å². The van der Waals surface area contributed by atoms with Gasteiger partial charge in [-0.25, -0.2) is 4.98 Å². The number of aliphatic hydroxyl groups is 1. The maximum absolute atomic E-state index is 12.0. The SMILES string of the molecule is CCC(O)(CC)CNC(=O)c1csc(-c2cccs2)n1. The first-order valence-electron chi connectivity index (χ1n) is 6.58. The molecular formula is C14H18N2O2S2. The lowest BCUT2D eigenvalue weighted by atomic mass is 9.97. The average molecular weight is 310 g/mol. The Hall–Kier alpha value is -1.24. The minimum absolute atomic E-state index is 0.232. The molecule has 0 aliphatic rings. The molecule has 6 heteroatoms. The second-order valence-corrected chi connectivity index (χ2v) is 6.44. The number of nitrogens with one attached hydrogen (secondary N) is 1. The maximum Gasteiger partial charge on any atom is 0.270 e. The van der Waals surface area contributed by atoms with E-state index in [9.17, 15) is 9.90 Å². The molecule has 2 aromatic rings. The standard InChI is InChI=1S/C14H18N2O2S2/c1-3-14(18,4-2)9-15-12(17)10-8-20-13(16-10)11-6-5-7-19-11/h5-8,18H,3-4,9H2,1-2H3,(H,15,17). The van der Waals surface area contributed by atoms with Gasteiger partial charge in [-0.3, -0.25) is 4.79 Å². The Morgan fingerprint density at radius 1 is 1.40 bits per heavy atom. The fourth-order valence-electron chi connectivity index (χ4n) is 1.73. The number of hydrogen-bond donors (Lipinski definition) is 2. The van der Waals surface area contributed by atoms with E-state index in [0.29, 0.717) is 18.5 Å². The molecule has 0 radical (unpaired) electrons. The van der Waals surface area contributed by atoms with Crippen LogP contribution in [-0.4, -0.2) is 28.1 Å². The molecule has 0 fully saturated rings. The lowest BCUT2D eigenvalue weighted by Gasteiger charge is -2.25. The van der Waals surface area contributed by atoms with E-state index < -0.39 is 5.60 Å². The van der Waals surface area contributed by atoms with E-state index in [1.165, 1.54) is 11.3 Å². The van der Waals surface area contributed by atoms with Crippen molar-refractivity contribution in [2.45, 2.75) is 32.3 Å². The molecule has 2 aromatic heterocycles. The van der Waals surface area contributed by atoms with Crippen LogP contribution in [0.4, 0.5) is 0 Å². The van der Waals surface area contributed by atoms with E-state index in [4.69, 9.17) is 0 Å². The van der Waals surface area contributed by atoms with E-state index in [2.05, 4.69) is 10.3 Å². The highest BCUT2D eigenvalue weighted by molar-refractivity contribution is 7.20. The minimum Gasteiger partial charge on any atom is -0.388 e. The summed E-state index contributed by atoms with van der Waals surface area (Å²) in [4.78, 5) is 17.4. The van der Waals surface area contributed by atoms with Crippen LogP contribution in [0.1, 0.15) is 37.2 Å². The molecule has 0 aliphatic carbocycles. The van der Waals surface area contributed by atoms with Gasteiger partial charge in [0.25, 0.3) is 5.91 Å². The molecule has 0 saturated carbocycles. The third kappa shape index (κ3) is 3.45. The third-order valence-corrected chi connectivity index (χ3v) is 5.24. The fourth-order valence-corrected chi connectivity index (χ4v) is 3.34. The Kier molecular flexibility index (Phi) is 4.91. The number of rotatable bonds is 6. The molecule has 0 atom stereocenters. The summed E-state index contributed by atoms with van der Waals surface area (Å²) in [5.74, 6) is -0.232. The smallest absolute Gasteiger partial charge is 0.270 e. The highest BCUT2D eigenvalue weighted by Gasteiger charge is 2.23. The molecule has 2 rings (SSSR count). The Balaban J connectivity index is 2.00. The largest absolute Gasteiger partial charge is 0.388 e. The van der Waals surface area contributed by atoms with Gasteiger partial charge in [0.1, 0.15) is 10.7 Å². The van der Waals surface area contributed by atoms with Crippen LogP contribution in [0.15, 0.2) is 22.9 Å². The first-order valence-corrected chi connectivity index (χ1v) is 8.34. The van der Waals surface area contributed by atoms with Gasteiger partial charge in [0.15, 0.2) is 0 Å². The molecule has 2 heterocycles. The summed E-state index contributed by atoms with van der Waals surface area (Å²) >= 11 is 3.06. The number of nitrogens with zero attached hydrogens (tertiary/aromatic N) is 1. The molecule has 0 aromatic carbocycles. The molecule has 0 bridgehead atoms. The summed E-state index contributed by atoms with van der Waals surface area (Å²) in [5.41, 5.74) is -0.421. The van der Waals surface area contributed by atoms with Crippen molar-refractivity contribution in [2.24, 2.45) is 0 Å². The Morgan fingerprint density at radius 3 is 2.75 bits per heavy atom. The van der Waals surface area contributed by atoms with E-state index in [1.54, 1.807) is 16.7 Å². The van der Waals surface area contributed by atoms with Crippen molar-refractivity contribution in [3.63, 3.8) is 0 Å². The maximum atomic E-state index is 12.0. The summed E-state index contributed by atoms with van der Waals surface area (Å²) in [6.07, 6.45) is 1.22. The number of thiazole rings is 1. The Bertz CT molecular complexity index is 560. The monoisotopic (exact) mass is 310 g/mol. The second kappa shape index (κ2) is 6.47. The summed E-state index contributed by atoms with van der Waals surface area (Å²) < 4.78 is 0. The Morgan fingerprint density at radius 2 is 2.15 bits per heavy atom. The van der Waals surface area contributed by atoms with Crippen molar-refractivity contribution >= 4 is 28.6 Å². The highest BCUT2D eigenvalue weighted by Crippen LogP contribution is 2.27. The molecule has 108 valence electrons. The minimum atomic E-state index is -0.831. The summed E-state index contributed by atoms with van der Waals surface area (Å²) in [7, 11) is 0. The zero-order chi connectivity index (χ0) is 14.6. The number of amides is 1. The van der Waals surface area contributed by atoms with Crippen LogP contribution in [0.3, 0.4) is 0 Å². The van der Waals surface area contributed by atoms with Crippen LogP contribution >= 0.6 is 22.7 Å². The van der Waals surface area contributed by atoms with Crippen LogP contribution in [-0.2, 0) is 0 Å². The highest BCUT2D eigenvalue weighted by atomic mass is 32.1. The van der Waals surface area contributed by atoms with E-state index in [0.717, 1.165) is 9.88 Å². The number of hydrogen-bond acceptors (Lipinski definition) is 5. The predicted octanol–water partition coefficient (Wildman–Crippen LogP) is 3.15. The van der Waals surface area contributed by atoms with Crippen molar-refractivity contribution in [3.05, 3.63) is 28.6 Å². The van der Waals surface area contributed by atoms with Gasteiger partial charge in [-0.2, -0.15) is 0 Å². The van der Waals surface area contributed by atoms with Crippen molar-refractivity contribution in [2.75, 3.05) is 6.54 Å². The summed E-state index contributed by atoms with van der Waals surface area (Å²) in [5, 5.41) is 17.5. The van der Waals surface area contributed by atoms with Crippen molar-refractivity contribution < 1.29 is 9.90 Å². The van der Waals surface area contributed by atoms with Crippen molar-refractivity contribution in [1.82, 2.24) is 10.3 Å². The van der Waals surface area contributed by atoms with Gasteiger partial charge >= 0.3 is 0 Å². The Labute approximate surface area is 126 Å². The van der Waals surface area contributed by atoms with E-state index >= 15 is 0 Å². The first-order chi connectivity index (χ1) is 9.58. The zero-order valence-electron chi connectivity index (χ0n) is 11.5. The van der Waals surface area contributed by atoms with E-state index in [1.807, 2.05) is 31.4 Å². The average Bonchev–Trinajstić information content (AvgIpc) is 3.14. The van der Waals surface area contributed by atoms with Gasteiger partial charge in [-0.1, -0.05) is 19.9 Å². The fraction of sp³-hybridized carbons (Fsp3) is 0.429. The number of aromatic nitrogens is 1. The zero-order valence-corrected chi connectivity index (χ0v) is 13.2. The van der Waals surface area contributed by atoms with Gasteiger partial charge < -0.3 is 10.4 Å². The van der Waals surface area contributed by atoms with E-state index in [-0.39, 0.29) is 12.5 Å². The van der Waals surface area contributed by atoms with Crippen LogP contribution in [0.25, 0.3) is 9.88 Å². The number of thiophene rings is 1. The van der Waals surface area contributed by atoms with Gasteiger partial charge in [-0.15, -0.1) is 22.7 Å². The molecule has 0 unspecified atom stereocenters. The lowest BCUT2D eigenvalue weighted by molar-refractivity contribution is 0.0313. The van der Waals surface area contributed by atoms with Gasteiger partial charge in [0.05, 0.1) is 10.5 Å².